The molecule has 0 aromatic heterocycles. The van der Waals surface area contributed by atoms with E-state index in [0.717, 1.165) is 0 Å². The van der Waals surface area contributed by atoms with Crippen LogP contribution < -0.4 is 10.1 Å². The van der Waals surface area contributed by atoms with E-state index >= 15 is 0 Å². The standard InChI is InChI=1S/C22H25FN4O5/c1-14(20(26-30-4)18-11-10-16(29-3)12-19(18)23)25-32-13-15-8-6-7-9-17(15)21(27-31-5)22(28)24-2/h6-12H,13H2,1-5H3,(H,24,28). The first-order chi connectivity index (χ1) is 15.5. The van der Waals surface area contributed by atoms with Crippen LogP contribution in [0, 0.1) is 5.82 Å². The first kappa shape index (κ1) is 24.3. The van der Waals surface area contributed by atoms with Crippen molar-refractivity contribution in [2.75, 3.05) is 28.4 Å². The molecule has 2 aromatic carbocycles. The highest BCUT2D eigenvalue weighted by atomic mass is 19.1. The highest BCUT2D eigenvalue weighted by Crippen LogP contribution is 2.18. The van der Waals surface area contributed by atoms with Gasteiger partial charge in [0.2, 0.25) is 0 Å². The van der Waals surface area contributed by atoms with Gasteiger partial charge in [-0.15, -0.1) is 0 Å². The lowest BCUT2D eigenvalue weighted by Crippen LogP contribution is -2.29. The number of ether oxygens (including phenoxy) is 1. The molecule has 0 aliphatic heterocycles. The molecule has 0 atom stereocenters. The summed E-state index contributed by atoms with van der Waals surface area (Å²) < 4.78 is 19.5. The van der Waals surface area contributed by atoms with Crippen LogP contribution in [0.3, 0.4) is 0 Å². The topological polar surface area (TPSA) is 103 Å². The smallest absolute Gasteiger partial charge is 0.273 e. The Bertz CT molecular complexity index is 1040. The van der Waals surface area contributed by atoms with Crippen LogP contribution in [0.15, 0.2) is 57.9 Å². The van der Waals surface area contributed by atoms with Crippen molar-refractivity contribution in [3.8, 4) is 5.75 Å². The number of hydrogen-bond donors (Lipinski definition) is 1. The van der Waals surface area contributed by atoms with Crippen LogP contribution in [0.4, 0.5) is 4.39 Å². The summed E-state index contributed by atoms with van der Waals surface area (Å²) in [5.74, 6) is -0.593. The van der Waals surface area contributed by atoms with Crippen LogP contribution in [0.5, 0.6) is 5.75 Å². The Morgan fingerprint density at radius 2 is 1.66 bits per heavy atom. The van der Waals surface area contributed by atoms with Gasteiger partial charge in [0.1, 0.15) is 43.8 Å². The number of carbonyl (C=O) groups is 1. The molecular formula is C22H25FN4O5. The predicted octanol–water partition coefficient (Wildman–Crippen LogP) is 2.87. The maximum Gasteiger partial charge on any atom is 0.273 e. The van der Waals surface area contributed by atoms with Crippen LogP contribution in [0.25, 0.3) is 0 Å². The molecule has 2 aromatic rings. The molecule has 2 rings (SSSR count). The van der Waals surface area contributed by atoms with Gasteiger partial charge in [0, 0.05) is 29.8 Å². The van der Waals surface area contributed by atoms with Crippen LogP contribution in [-0.2, 0) is 25.9 Å². The van der Waals surface area contributed by atoms with Crippen molar-refractivity contribution in [2.24, 2.45) is 15.5 Å². The molecule has 0 saturated carbocycles. The second-order valence-electron chi connectivity index (χ2n) is 6.28. The zero-order valence-corrected chi connectivity index (χ0v) is 18.5. The number of amides is 1. The molecule has 170 valence electrons. The van der Waals surface area contributed by atoms with E-state index in [1.807, 2.05) is 0 Å². The molecule has 1 N–H and O–H groups in total. The normalized spacial score (nSPS) is 12.2. The Hall–Kier alpha value is -3.95. The Kier molecular flexibility index (Phi) is 9.15. The minimum absolute atomic E-state index is 0.0125. The van der Waals surface area contributed by atoms with E-state index in [1.165, 1.54) is 40.5 Å². The van der Waals surface area contributed by atoms with Crippen molar-refractivity contribution in [2.45, 2.75) is 13.5 Å². The number of benzene rings is 2. The summed E-state index contributed by atoms with van der Waals surface area (Å²) in [5, 5.41) is 14.3. The molecular weight excluding hydrogens is 419 g/mol. The quantitative estimate of drug-likeness (QED) is 0.448. The average Bonchev–Trinajstić information content (AvgIpc) is 2.81. The molecule has 1 amide bonds. The minimum atomic E-state index is -0.550. The summed E-state index contributed by atoms with van der Waals surface area (Å²) in [6.45, 7) is 1.62. The molecule has 0 fully saturated rings. The van der Waals surface area contributed by atoms with Crippen molar-refractivity contribution in [1.29, 1.82) is 0 Å². The van der Waals surface area contributed by atoms with Gasteiger partial charge in [0.15, 0.2) is 5.71 Å². The maximum atomic E-state index is 14.5. The van der Waals surface area contributed by atoms with Crippen molar-refractivity contribution in [1.82, 2.24) is 5.32 Å². The molecule has 0 radical (unpaired) electrons. The zero-order chi connectivity index (χ0) is 23.5. The number of methoxy groups -OCH3 is 1. The van der Waals surface area contributed by atoms with Gasteiger partial charge in [0.25, 0.3) is 5.91 Å². The minimum Gasteiger partial charge on any atom is -0.497 e. The summed E-state index contributed by atoms with van der Waals surface area (Å²) in [6, 6.07) is 11.4. The summed E-state index contributed by atoms with van der Waals surface area (Å²) in [7, 11) is 5.64. The second kappa shape index (κ2) is 12.0. The maximum absolute atomic E-state index is 14.5. The fourth-order valence-electron chi connectivity index (χ4n) is 2.76. The van der Waals surface area contributed by atoms with E-state index in [-0.39, 0.29) is 29.3 Å². The van der Waals surface area contributed by atoms with Crippen LogP contribution >= 0.6 is 0 Å². The molecule has 0 unspecified atom stereocenters. The van der Waals surface area contributed by atoms with E-state index in [9.17, 15) is 9.18 Å². The number of nitrogens with zero attached hydrogens (tertiary/aromatic N) is 3. The number of carbonyl (C=O) groups excluding carboxylic acids is 1. The van der Waals surface area contributed by atoms with E-state index in [2.05, 4.69) is 20.8 Å². The van der Waals surface area contributed by atoms with Crippen molar-refractivity contribution in [3.63, 3.8) is 0 Å². The lowest BCUT2D eigenvalue weighted by atomic mass is 10.0. The number of nitrogens with one attached hydrogen (secondary N) is 1. The van der Waals surface area contributed by atoms with Crippen LogP contribution in [0.2, 0.25) is 0 Å². The Morgan fingerprint density at radius 3 is 2.28 bits per heavy atom. The zero-order valence-electron chi connectivity index (χ0n) is 18.5. The van der Waals surface area contributed by atoms with Crippen molar-refractivity contribution < 1.29 is 28.4 Å². The Balaban J connectivity index is 2.28. The lowest BCUT2D eigenvalue weighted by Gasteiger charge is -2.11. The van der Waals surface area contributed by atoms with Gasteiger partial charge in [-0.25, -0.2) is 4.39 Å². The SMILES string of the molecule is CNC(=O)C(=NOC)c1ccccc1CON=C(C)C(=NOC)c1ccc(OC)cc1F. The molecule has 32 heavy (non-hydrogen) atoms. The molecule has 0 aliphatic rings. The van der Waals surface area contributed by atoms with Gasteiger partial charge < -0.3 is 24.6 Å². The summed E-state index contributed by atoms with van der Waals surface area (Å²) in [6.07, 6.45) is 0. The van der Waals surface area contributed by atoms with Gasteiger partial charge in [0.05, 0.1) is 7.11 Å². The lowest BCUT2D eigenvalue weighted by molar-refractivity contribution is -0.114. The fourth-order valence-corrected chi connectivity index (χ4v) is 2.76. The molecule has 0 spiro atoms. The fraction of sp³-hybridized carbons (Fsp3) is 0.273. The van der Waals surface area contributed by atoms with Gasteiger partial charge in [-0.1, -0.05) is 39.7 Å². The van der Waals surface area contributed by atoms with Crippen molar-refractivity contribution in [3.05, 3.63) is 65.0 Å². The van der Waals surface area contributed by atoms with Crippen LogP contribution in [0.1, 0.15) is 23.6 Å². The molecule has 0 aliphatic carbocycles. The first-order valence-corrected chi connectivity index (χ1v) is 9.50. The highest BCUT2D eigenvalue weighted by Gasteiger charge is 2.18. The van der Waals surface area contributed by atoms with Gasteiger partial charge >= 0.3 is 0 Å². The van der Waals surface area contributed by atoms with Crippen LogP contribution in [-0.4, -0.2) is 51.4 Å². The van der Waals surface area contributed by atoms with E-state index < -0.39 is 11.7 Å². The Morgan fingerprint density at radius 1 is 0.969 bits per heavy atom. The number of oxime groups is 3. The second-order valence-corrected chi connectivity index (χ2v) is 6.28. The number of halogens is 1. The average molecular weight is 444 g/mol. The third-order valence-corrected chi connectivity index (χ3v) is 4.28. The van der Waals surface area contributed by atoms with Gasteiger partial charge in [-0.05, 0) is 19.1 Å². The van der Waals surface area contributed by atoms with Gasteiger partial charge in [-0.3, -0.25) is 4.79 Å². The summed E-state index contributed by atoms with van der Waals surface area (Å²) in [4.78, 5) is 27.3. The van der Waals surface area contributed by atoms with E-state index in [1.54, 1.807) is 37.3 Å². The molecule has 10 heteroatoms. The van der Waals surface area contributed by atoms with E-state index in [4.69, 9.17) is 19.2 Å². The largest absolute Gasteiger partial charge is 0.497 e. The monoisotopic (exact) mass is 444 g/mol. The van der Waals surface area contributed by atoms with Gasteiger partial charge in [-0.2, -0.15) is 0 Å². The summed E-state index contributed by atoms with van der Waals surface area (Å²) in [5.41, 5.74) is 1.88. The third-order valence-electron chi connectivity index (χ3n) is 4.28. The number of rotatable bonds is 10. The Labute approximate surface area is 185 Å². The number of hydrogen-bond acceptors (Lipinski definition) is 8. The highest BCUT2D eigenvalue weighted by molar-refractivity contribution is 6.47. The first-order valence-electron chi connectivity index (χ1n) is 9.50. The summed E-state index contributed by atoms with van der Waals surface area (Å²) >= 11 is 0. The molecule has 0 saturated heterocycles. The van der Waals surface area contributed by atoms with Crippen molar-refractivity contribution >= 4 is 23.0 Å². The molecule has 0 bridgehead atoms. The predicted molar refractivity (Wildman–Crippen MR) is 118 cm³/mol. The van der Waals surface area contributed by atoms with E-state index in [0.29, 0.717) is 16.9 Å². The molecule has 9 nitrogen and oxygen atoms in total. The number of likely N-dealkylation sites (N-methyl/N-ethyl adjacent to an activating group) is 1. The molecule has 0 heterocycles. The third kappa shape index (κ3) is 6.03.